The molecule has 6 rings (SSSR count). The molecule has 5 N–H and O–H groups in total. The first-order valence-electron chi connectivity index (χ1n) is 15.8. The highest BCUT2D eigenvalue weighted by Crippen LogP contribution is 2.28. The number of aromatic nitrogens is 3. The van der Waals surface area contributed by atoms with Crippen LogP contribution >= 0.6 is 0 Å². The first kappa shape index (κ1) is 34.5. The van der Waals surface area contributed by atoms with Gasteiger partial charge in [-0.25, -0.2) is 4.79 Å². The second-order valence-corrected chi connectivity index (χ2v) is 11.5. The van der Waals surface area contributed by atoms with Gasteiger partial charge in [-0.15, -0.1) is 0 Å². The number of amides is 1. The minimum absolute atomic E-state index is 0.0408. The van der Waals surface area contributed by atoms with Crippen LogP contribution in [0.5, 0.6) is 17.5 Å². The molecule has 1 unspecified atom stereocenters. The monoisotopic (exact) mass is 673 g/mol. The number of anilines is 3. The van der Waals surface area contributed by atoms with Crippen molar-refractivity contribution in [3.63, 3.8) is 0 Å². The van der Waals surface area contributed by atoms with E-state index in [-0.39, 0.29) is 42.3 Å². The van der Waals surface area contributed by atoms with Crippen molar-refractivity contribution in [1.82, 2.24) is 25.6 Å². The van der Waals surface area contributed by atoms with Crippen LogP contribution in [0.1, 0.15) is 54.4 Å². The summed E-state index contributed by atoms with van der Waals surface area (Å²) < 4.78 is 55.5. The van der Waals surface area contributed by atoms with E-state index in [1.54, 1.807) is 0 Å². The number of halogens is 3. The lowest BCUT2D eigenvalue weighted by molar-refractivity contribution is -0.154. The van der Waals surface area contributed by atoms with Crippen molar-refractivity contribution in [3.8, 4) is 17.5 Å². The maximum atomic E-state index is 13.5. The fraction of sp³-hybridized carbons (Fsp3) is 0.469. The number of carboxylic acid groups (broad SMARTS) is 1. The number of alkyl halides is 3. The molecular formula is C32H38F3N7O6. The van der Waals surface area contributed by atoms with Gasteiger partial charge in [0.05, 0.1) is 18.8 Å². The Bertz CT molecular complexity index is 1540. The Labute approximate surface area is 275 Å². The molecular weight excluding hydrogens is 635 g/mol. The lowest BCUT2D eigenvalue weighted by Crippen LogP contribution is -2.49. The first-order chi connectivity index (χ1) is 23.1. The summed E-state index contributed by atoms with van der Waals surface area (Å²) in [6, 6.07) is 10.3. The molecule has 6 bridgehead atoms. The van der Waals surface area contributed by atoms with Gasteiger partial charge < -0.3 is 40.6 Å². The number of carboxylic acids is 1. The molecule has 1 amide bonds. The van der Waals surface area contributed by atoms with E-state index in [2.05, 4.69) is 36.2 Å². The minimum atomic E-state index is -4.62. The number of nitrogens with zero attached hydrogens (tertiary/aromatic N) is 3. The number of fused-ring (bicyclic) bond motifs is 10. The molecule has 3 aliphatic rings. The summed E-state index contributed by atoms with van der Waals surface area (Å²) in [6.45, 7) is 0.779. The Morgan fingerprint density at radius 2 is 1.67 bits per heavy atom. The van der Waals surface area contributed by atoms with Crippen LogP contribution in [0, 0.1) is 5.92 Å². The molecule has 1 fully saturated rings. The van der Waals surface area contributed by atoms with Crippen molar-refractivity contribution in [2.24, 2.45) is 5.92 Å². The van der Waals surface area contributed by atoms with Crippen LogP contribution < -0.4 is 35.5 Å². The van der Waals surface area contributed by atoms with Gasteiger partial charge in [0, 0.05) is 18.3 Å². The van der Waals surface area contributed by atoms with Crippen LogP contribution in [-0.2, 0) is 11.3 Å². The molecule has 2 aromatic carbocycles. The van der Waals surface area contributed by atoms with Crippen molar-refractivity contribution < 1.29 is 42.1 Å². The molecule has 3 aromatic rings. The van der Waals surface area contributed by atoms with Gasteiger partial charge in [-0.05, 0) is 87.4 Å². The minimum Gasteiger partial charge on any atom is -0.494 e. The number of ether oxygens (including phenoxy) is 3. The first-order valence-corrected chi connectivity index (χ1v) is 15.8. The van der Waals surface area contributed by atoms with Gasteiger partial charge in [-0.3, -0.25) is 4.79 Å². The smallest absolute Gasteiger partial charge is 0.422 e. The van der Waals surface area contributed by atoms with Gasteiger partial charge in [-0.1, -0.05) is 12.1 Å². The molecule has 0 aliphatic carbocycles. The number of carbonyl (C=O) groups excluding carboxylic acids is 1. The van der Waals surface area contributed by atoms with E-state index >= 15 is 0 Å². The van der Waals surface area contributed by atoms with E-state index < -0.39 is 36.7 Å². The molecule has 13 nitrogen and oxygen atoms in total. The lowest BCUT2D eigenvalue weighted by Gasteiger charge is -2.28. The second-order valence-electron chi connectivity index (χ2n) is 11.5. The van der Waals surface area contributed by atoms with Gasteiger partial charge in [0.25, 0.3) is 5.91 Å². The molecule has 0 spiro atoms. The second kappa shape index (κ2) is 16.3. The third-order valence-electron chi connectivity index (χ3n) is 7.81. The predicted octanol–water partition coefficient (Wildman–Crippen LogP) is 4.68. The van der Waals surface area contributed by atoms with E-state index in [0.717, 1.165) is 24.8 Å². The molecule has 4 heterocycles. The zero-order valence-corrected chi connectivity index (χ0v) is 26.1. The van der Waals surface area contributed by atoms with E-state index in [1.807, 2.05) is 24.3 Å². The van der Waals surface area contributed by atoms with Gasteiger partial charge in [0.15, 0.2) is 6.61 Å². The van der Waals surface area contributed by atoms with Crippen molar-refractivity contribution >= 4 is 29.5 Å². The zero-order valence-electron chi connectivity index (χ0n) is 26.1. The average molecular weight is 674 g/mol. The summed E-state index contributed by atoms with van der Waals surface area (Å²) in [5, 5.41) is 21.7. The maximum Gasteiger partial charge on any atom is 0.422 e. The Hall–Kier alpha value is -4.86. The molecule has 1 atom stereocenters. The Kier molecular flexibility index (Phi) is 11.7. The Morgan fingerprint density at radius 1 is 0.958 bits per heavy atom. The molecule has 0 saturated carbocycles. The fourth-order valence-corrected chi connectivity index (χ4v) is 5.33. The quantitative estimate of drug-likeness (QED) is 0.245. The van der Waals surface area contributed by atoms with Crippen LogP contribution in [0.25, 0.3) is 0 Å². The number of piperidine rings is 1. The van der Waals surface area contributed by atoms with Gasteiger partial charge in [0.2, 0.25) is 11.9 Å². The molecule has 258 valence electrons. The number of rotatable bonds is 6. The number of benzene rings is 2. The highest BCUT2D eigenvalue weighted by Gasteiger charge is 2.32. The predicted molar refractivity (Wildman–Crippen MR) is 169 cm³/mol. The van der Waals surface area contributed by atoms with Gasteiger partial charge >= 0.3 is 18.2 Å². The summed E-state index contributed by atoms with van der Waals surface area (Å²) in [4.78, 5) is 37.9. The summed E-state index contributed by atoms with van der Waals surface area (Å²) in [5.74, 6) is -1.23. The van der Waals surface area contributed by atoms with Crippen molar-refractivity contribution in [3.05, 3.63) is 53.6 Å². The SMILES string of the molecule is O=C(NC(C(=O)O)C1CCNCC1)c1ccc2cc1OCCCCCCOc1ccc(cc1)CNc1nc(nc(OCC(F)(F)F)n1)N2. The standard InChI is InChI=1S/C32H38F3N7O6/c33-32(34,35)19-48-31-41-29-37-18-20-5-8-23(9-6-20)46-15-3-1-2-4-16-47-25-17-22(38-30(40-29)42-31)7-10-24(25)27(43)39-26(28(44)45)21-11-13-36-14-12-21/h5-10,17,21,26,36H,1-4,11-16,18-19H2,(H,39,43)(H,44,45)(H2,37,38,40,41,42). The average Bonchev–Trinajstić information content (AvgIpc) is 3.06. The van der Waals surface area contributed by atoms with Crippen LogP contribution in [0.15, 0.2) is 42.5 Å². The summed E-state index contributed by atoms with van der Waals surface area (Å²) in [6.07, 6.45) is -0.135. The molecule has 48 heavy (non-hydrogen) atoms. The van der Waals surface area contributed by atoms with Crippen molar-refractivity contribution in [2.45, 2.75) is 57.3 Å². The van der Waals surface area contributed by atoms with Crippen molar-refractivity contribution in [2.75, 3.05) is 43.5 Å². The Morgan fingerprint density at radius 3 is 2.38 bits per heavy atom. The van der Waals surface area contributed by atoms with E-state index in [9.17, 15) is 27.9 Å². The normalized spacial score (nSPS) is 16.9. The van der Waals surface area contributed by atoms with E-state index in [1.165, 1.54) is 18.2 Å². The summed E-state index contributed by atoms with van der Waals surface area (Å²) in [7, 11) is 0. The highest BCUT2D eigenvalue weighted by molar-refractivity contribution is 5.99. The van der Waals surface area contributed by atoms with E-state index in [0.29, 0.717) is 50.4 Å². The summed E-state index contributed by atoms with van der Waals surface area (Å²) in [5.41, 5.74) is 1.33. The molecule has 16 heteroatoms. The Balaban J connectivity index is 1.42. The van der Waals surface area contributed by atoms with Crippen LogP contribution in [-0.4, -0.2) is 77.1 Å². The number of aliphatic carboxylic acids is 1. The van der Waals surface area contributed by atoms with Gasteiger partial charge in [-0.2, -0.15) is 28.1 Å². The van der Waals surface area contributed by atoms with Crippen LogP contribution in [0.2, 0.25) is 0 Å². The number of carbonyl (C=O) groups is 2. The molecule has 0 radical (unpaired) electrons. The fourth-order valence-electron chi connectivity index (χ4n) is 5.33. The van der Waals surface area contributed by atoms with E-state index in [4.69, 9.17) is 14.2 Å². The largest absolute Gasteiger partial charge is 0.494 e. The zero-order chi connectivity index (χ0) is 33.9. The third-order valence-corrected chi connectivity index (χ3v) is 7.81. The highest BCUT2D eigenvalue weighted by atomic mass is 19.4. The number of nitrogens with one attached hydrogen (secondary N) is 4. The number of hydrogen-bond donors (Lipinski definition) is 5. The van der Waals surface area contributed by atoms with Crippen LogP contribution in [0.3, 0.4) is 0 Å². The third kappa shape index (κ3) is 10.3. The number of hydrogen-bond acceptors (Lipinski definition) is 11. The topological polar surface area (TPSA) is 169 Å². The lowest BCUT2D eigenvalue weighted by atomic mass is 9.90. The van der Waals surface area contributed by atoms with Gasteiger partial charge in [0.1, 0.15) is 17.5 Å². The summed E-state index contributed by atoms with van der Waals surface area (Å²) >= 11 is 0. The molecule has 1 aromatic heterocycles. The maximum absolute atomic E-state index is 13.5. The van der Waals surface area contributed by atoms with Crippen LogP contribution in [0.4, 0.5) is 30.8 Å². The van der Waals surface area contributed by atoms with Crippen molar-refractivity contribution in [1.29, 1.82) is 0 Å². The molecule has 3 aliphatic heterocycles. The molecule has 1 saturated heterocycles.